The van der Waals surface area contributed by atoms with E-state index in [9.17, 15) is 14.4 Å². The second kappa shape index (κ2) is 6.02. The van der Waals surface area contributed by atoms with E-state index in [1.165, 1.54) is 10.1 Å². The second-order valence-electron chi connectivity index (χ2n) is 6.91. The molecule has 4 rings (SSSR count). The fourth-order valence-electron chi connectivity index (χ4n) is 3.96. The minimum Gasteiger partial charge on any atom is -0.295 e. The normalized spacial score (nSPS) is 23.9. The molecule has 6 nitrogen and oxygen atoms in total. The number of amides is 2. The van der Waals surface area contributed by atoms with Crippen LogP contribution in [0.5, 0.6) is 0 Å². The van der Waals surface area contributed by atoms with Crippen molar-refractivity contribution in [1.29, 1.82) is 0 Å². The van der Waals surface area contributed by atoms with Gasteiger partial charge in [0.2, 0.25) is 11.8 Å². The summed E-state index contributed by atoms with van der Waals surface area (Å²) in [5, 5.41) is 2.34. The fraction of sp³-hybridized carbons (Fsp3) is 0.421. The van der Waals surface area contributed by atoms with Crippen molar-refractivity contribution in [3.8, 4) is 0 Å². The van der Waals surface area contributed by atoms with Gasteiger partial charge in [0.05, 0.1) is 11.0 Å². The van der Waals surface area contributed by atoms with Gasteiger partial charge in [-0.2, -0.15) is 0 Å². The van der Waals surface area contributed by atoms with E-state index in [1.807, 2.05) is 6.07 Å². The Kier molecular flexibility index (Phi) is 3.82. The van der Waals surface area contributed by atoms with E-state index < -0.39 is 11.9 Å². The lowest BCUT2D eigenvalue weighted by atomic mass is 9.87. The number of hydrogen-bond acceptors (Lipinski definition) is 3. The summed E-state index contributed by atoms with van der Waals surface area (Å²) in [5.41, 5.74) is 2.59. The summed E-state index contributed by atoms with van der Waals surface area (Å²) in [6, 6.07) is 5.45. The van der Waals surface area contributed by atoms with E-state index in [2.05, 4.69) is 29.6 Å². The third kappa shape index (κ3) is 2.62. The highest BCUT2D eigenvalue weighted by molar-refractivity contribution is 6.00. The number of fused-ring (bicyclic) bond motifs is 1. The first kappa shape index (κ1) is 15.9. The summed E-state index contributed by atoms with van der Waals surface area (Å²) in [4.78, 5) is 36.4. The van der Waals surface area contributed by atoms with Gasteiger partial charge in [0.1, 0.15) is 6.04 Å². The lowest BCUT2D eigenvalue weighted by molar-refractivity contribution is -0.135. The quantitative estimate of drug-likeness (QED) is 0.673. The monoisotopic (exact) mass is 339 g/mol. The van der Waals surface area contributed by atoms with Crippen LogP contribution in [-0.4, -0.2) is 20.9 Å². The molecule has 2 aromatic rings. The zero-order valence-electron chi connectivity index (χ0n) is 14.2. The maximum atomic E-state index is 12.8. The molecule has 1 saturated heterocycles. The maximum Gasteiger partial charge on any atom is 0.329 e. The molecular weight excluding hydrogens is 318 g/mol. The van der Waals surface area contributed by atoms with Crippen LogP contribution in [0.2, 0.25) is 0 Å². The summed E-state index contributed by atoms with van der Waals surface area (Å²) in [6.07, 6.45) is 8.26. The van der Waals surface area contributed by atoms with E-state index in [0.717, 1.165) is 30.3 Å². The van der Waals surface area contributed by atoms with Gasteiger partial charge in [-0.15, -0.1) is 0 Å². The van der Waals surface area contributed by atoms with Crippen LogP contribution in [0.4, 0.5) is 0 Å². The Balaban J connectivity index is 1.80. The zero-order valence-corrected chi connectivity index (χ0v) is 14.2. The number of allylic oxidation sites excluding steroid dienone is 2. The Labute approximate surface area is 145 Å². The lowest BCUT2D eigenvalue weighted by Crippen LogP contribution is -2.44. The van der Waals surface area contributed by atoms with Crippen molar-refractivity contribution in [3.63, 3.8) is 0 Å². The van der Waals surface area contributed by atoms with Gasteiger partial charge in [0, 0.05) is 13.5 Å². The van der Waals surface area contributed by atoms with Gasteiger partial charge in [-0.25, -0.2) is 4.79 Å². The molecule has 2 heterocycles. The first-order chi connectivity index (χ1) is 12.1. The lowest BCUT2D eigenvalue weighted by Gasteiger charge is -2.22. The van der Waals surface area contributed by atoms with Crippen molar-refractivity contribution in [2.75, 3.05) is 0 Å². The van der Waals surface area contributed by atoms with Crippen molar-refractivity contribution in [2.45, 2.75) is 44.1 Å². The van der Waals surface area contributed by atoms with Crippen LogP contribution in [0.3, 0.4) is 0 Å². The molecule has 1 aliphatic carbocycles. The van der Waals surface area contributed by atoms with Gasteiger partial charge in [-0.05, 0) is 49.3 Å². The predicted octanol–water partition coefficient (Wildman–Crippen LogP) is 2.14. The van der Waals surface area contributed by atoms with E-state index in [0.29, 0.717) is 12.3 Å². The average molecular weight is 339 g/mol. The summed E-state index contributed by atoms with van der Waals surface area (Å²) in [7, 11) is 1.73. The van der Waals surface area contributed by atoms with E-state index in [1.54, 1.807) is 11.6 Å². The van der Waals surface area contributed by atoms with Crippen molar-refractivity contribution in [1.82, 2.24) is 14.5 Å². The van der Waals surface area contributed by atoms with Gasteiger partial charge in [0.25, 0.3) is 0 Å². The van der Waals surface area contributed by atoms with Crippen molar-refractivity contribution in [2.24, 2.45) is 7.05 Å². The number of carbonyl (C=O) groups excluding carboxylic acids is 2. The second-order valence-corrected chi connectivity index (χ2v) is 6.91. The molecule has 1 aromatic carbocycles. The number of carbonyl (C=O) groups is 2. The topological polar surface area (TPSA) is 73.1 Å². The number of nitrogens with one attached hydrogen (secondary N) is 1. The Hall–Kier alpha value is -2.63. The molecule has 2 aliphatic rings. The zero-order chi connectivity index (χ0) is 17.6. The first-order valence-corrected chi connectivity index (χ1v) is 8.76. The average Bonchev–Trinajstić information content (AvgIpc) is 2.87. The fourth-order valence-corrected chi connectivity index (χ4v) is 3.96. The van der Waals surface area contributed by atoms with Crippen LogP contribution in [0, 0.1) is 0 Å². The predicted molar refractivity (Wildman–Crippen MR) is 94.3 cm³/mol. The molecule has 0 saturated carbocycles. The molecule has 0 bridgehead atoms. The molecule has 2 amide bonds. The largest absolute Gasteiger partial charge is 0.329 e. The van der Waals surface area contributed by atoms with Gasteiger partial charge in [0.15, 0.2) is 0 Å². The number of nitrogens with zero attached hydrogens (tertiary/aromatic N) is 2. The summed E-state index contributed by atoms with van der Waals surface area (Å²) in [6.45, 7) is 0. The minimum absolute atomic E-state index is 0.217. The van der Waals surface area contributed by atoms with Crippen molar-refractivity contribution in [3.05, 3.63) is 46.4 Å². The number of hydrogen-bond donors (Lipinski definition) is 1. The number of rotatable bonds is 2. The molecule has 0 radical (unpaired) electrons. The van der Waals surface area contributed by atoms with Crippen LogP contribution < -0.4 is 11.0 Å². The molecule has 1 aliphatic heterocycles. The third-order valence-electron chi connectivity index (χ3n) is 5.38. The third-order valence-corrected chi connectivity index (χ3v) is 5.38. The Morgan fingerprint density at radius 1 is 1.08 bits per heavy atom. The Morgan fingerprint density at radius 2 is 1.92 bits per heavy atom. The van der Waals surface area contributed by atoms with Gasteiger partial charge < -0.3 is 0 Å². The number of benzene rings is 1. The van der Waals surface area contributed by atoms with Crippen LogP contribution in [0.15, 0.2) is 35.1 Å². The standard InChI is InChI=1S/C19H21N3O3/c1-21-16-11-13(12-5-3-2-4-6-12)7-8-14(16)22(19(21)25)15-9-10-17(23)20-18(15)24/h2-3,7-8,11-12,15H,4-6,9-10H2,1H3,(H,20,23,24)/t12-,15?/m1/s1. The molecule has 1 aromatic heterocycles. The van der Waals surface area contributed by atoms with Crippen molar-refractivity contribution >= 4 is 22.8 Å². The SMILES string of the molecule is Cn1c(=O)n(C2CCC(=O)NC2=O)c2ccc([C@@H]3CC=CCC3)cc21. The van der Waals surface area contributed by atoms with Crippen LogP contribution in [-0.2, 0) is 16.6 Å². The van der Waals surface area contributed by atoms with Gasteiger partial charge in [-0.3, -0.25) is 24.0 Å². The molecular formula is C19H21N3O3. The Morgan fingerprint density at radius 3 is 2.64 bits per heavy atom. The molecule has 6 heteroatoms. The van der Waals surface area contributed by atoms with Crippen LogP contribution in [0.25, 0.3) is 11.0 Å². The van der Waals surface area contributed by atoms with Crippen LogP contribution >= 0.6 is 0 Å². The minimum atomic E-state index is -0.627. The summed E-state index contributed by atoms with van der Waals surface area (Å²) < 4.78 is 3.13. The van der Waals surface area contributed by atoms with Gasteiger partial charge in [-0.1, -0.05) is 18.2 Å². The molecule has 2 atom stereocenters. The molecule has 0 spiro atoms. The Bertz CT molecular complexity index is 951. The number of imide groups is 1. The van der Waals surface area contributed by atoms with Gasteiger partial charge >= 0.3 is 5.69 Å². The summed E-state index contributed by atoms with van der Waals surface area (Å²) in [5.74, 6) is -0.196. The molecule has 130 valence electrons. The van der Waals surface area contributed by atoms with E-state index >= 15 is 0 Å². The molecule has 25 heavy (non-hydrogen) atoms. The van der Waals surface area contributed by atoms with E-state index in [-0.39, 0.29) is 18.0 Å². The highest BCUT2D eigenvalue weighted by atomic mass is 16.2. The molecule has 1 fully saturated rings. The molecule has 1 unspecified atom stereocenters. The smallest absolute Gasteiger partial charge is 0.295 e. The van der Waals surface area contributed by atoms with Crippen molar-refractivity contribution < 1.29 is 9.59 Å². The first-order valence-electron chi connectivity index (χ1n) is 8.76. The number of imidazole rings is 1. The summed E-state index contributed by atoms with van der Waals surface area (Å²) >= 11 is 0. The highest BCUT2D eigenvalue weighted by Gasteiger charge is 2.31. The number of piperidine rings is 1. The highest BCUT2D eigenvalue weighted by Crippen LogP contribution is 2.31. The van der Waals surface area contributed by atoms with Crippen LogP contribution in [0.1, 0.15) is 49.6 Å². The maximum absolute atomic E-state index is 12.8. The number of aryl methyl sites for hydroxylation is 1. The molecule has 1 N–H and O–H groups in total. The number of aromatic nitrogens is 2. The van der Waals surface area contributed by atoms with E-state index in [4.69, 9.17) is 0 Å².